The molecule has 1 aliphatic rings. The molecule has 1 heterocycles. The summed E-state index contributed by atoms with van der Waals surface area (Å²) in [5.41, 5.74) is 4.01. The first-order valence-electron chi connectivity index (χ1n) is 7.35. The van der Waals surface area contributed by atoms with Crippen molar-refractivity contribution in [2.75, 3.05) is 18.0 Å². The summed E-state index contributed by atoms with van der Waals surface area (Å²) < 4.78 is 0. The van der Waals surface area contributed by atoms with Gasteiger partial charge in [0.1, 0.15) is 0 Å². The topological polar surface area (TPSA) is 15.3 Å². The molecule has 1 N–H and O–H groups in total. The summed E-state index contributed by atoms with van der Waals surface area (Å²) >= 11 is 0. The number of hydrogen-bond acceptors (Lipinski definition) is 2. The van der Waals surface area contributed by atoms with E-state index < -0.39 is 0 Å². The maximum absolute atomic E-state index is 3.65. The Morgan fingerprint density at radius 1 is 1.00 bits per heavy atom. The molecule has 0 radical (unpaired) electrons. The molecule has 104 valence electrons. The lowest BCUT2D eigenvalue weighted by molar-refractivity contribution is 0.414. The smallest absolute Gasteiger partial charge is 0.0499 e. The Labute approximate surface area is 121 Å². The van der Waals surface area contributed by atoms with Crippen molar-refractivity contribution < 1.29 is 0 Å². The maximum atomic E-state index is 3.65. The van der Waals surface area contributed by atoms with Crippen LogP contribution < -0.4 is 10.2 Å². The van der Waals surface area contributed by atoms with E-state index in [9.17, 15) is 0 Å². The van der Waals surface area contributed by atoms with Crippen molar-refractivity contribution in [1.82, 2.24) is 5.32 Å². The zero-order valence-corrected chi connectivity index (χ0v) is 12.2. The van der Waals surface area contributed by atoms with Crippen LogP contribution in [0.15, 0.2) is 54.6 Å². The molecular formula is C18H22N2. The molecule has 0 spiro atoms. The highest BCUT2D eigenvalue weighted by Crippen LogP contribution is 2.25. The zero-order chi connectivity index (χ0) is 13.9. The molecule has 2 heteroatoms. The predicted octanol–water partition coefficient (Wildman–Crippen LogP) is 3.53. The van der Waals surface area contributed by atoms with Crippen LogP contribution in [0.5, 0.6) is 0 Å². The van der Waals surface area contributed by atoms with Crippen LogP contribution in [0.1, 0.15) is 24.1 Å². The van der Waals surface area contributed by atoms with Crippen molar-refractivity contribution in [2.45, 2.75) is 25.9 Å². The minimum absolute atomic E-state index is 0.411. The fourth-order valence-corrected chi connectivity index (χ4v) is 2.87. The van der Waals surface area contributed by atoms with E-state index in [0.717, 1.165) is 13.1 Å². The molecule has 0 saturated carbocycles. The number of hydrogen-bond donors (Lipinski definition) is 1. The third-order valence-corrected chi connectivity index (χ3v) is 4.14. The van der Waals surface area contributed by atoms with Crippen molar-refractivity contribution >= 4 is 5.69 Å². The van der Waals surface area contributed by atoms with Gasteiger partial charge in [-0.1, -0.05) is 48.0 Å². The van der Waals surface area contributed by atoms with E-state index in [4.69, 9.17) is 0 Å². The summed E-state index contributed by atoms with van der Waals surface area (Å²) in [5, 5.41) is 3.65. The summed E-state index contributed by atoms with van der Waals surface area (Å²) in [6.07, 6.45) is 0. The van der Waals surface area contributed by atoms with Gasteiger partial charge in [-0.3, -0.25) is 0 Å². The third-order valence-electron chi connectivity index (χ3n) is 4.14. The fourth-order valence-electron chi connectivity index (χ4n) is 2.87. The van der Waals surface area contributed by atoms with E-state index in [2.05, 4.69) is 78.7 Å². The second-order valence-corrected chi connectivity index (χ2v) is 5.71. The van der Waals surface area contributed by atoms with E-state index in [1.54, 1.807) is 0 Å². The van der Waals surface area contributed by atoms with Gasteiger partial charge >= 0.3 is 0 Å². The molecule has 0 aliphatic carbocycles. The highest BCUT2D eigenvalue weighted by atomic mass is 15.2. The minimum Gasteiger partial charge on any atom is -0.366 e. The molecule has 1 saturated heterocycles. The highest BCUT2D eigenvalue weighted by molar-refractivity contribution is 5.49. The quantitative estimate of drug-likeness (QED) is 0.894. The summed E-state index contributed by atoms with van der Waals surface area (Å²) in [7, 11) is 0. The molecule has 2 unspecified atom stereocenters. The van der Waals surface area contributed by atoms with Crippen LogP contribution in [0, 0.1) is 6.92 Å². The van der Waals surface area contributed by atoms with Gasteiger partial charge in [-0.05, 0) is 31.5 Å². The van der Waals surface area contributed by atoms with Gasteiger partial charge in [0.15, 0.2) is 0 Å². The normalized spacial score (nSPS) is 22.8. The van der Waals surface area contributed by atoms with Gasteiger partial charge in [-0.25, -0.2) is 0 Å². The molecule has 0 aromatic heterocycles. The van der Waals surface area contributed by atoms with Crippen LogP contribution in [-0.2, 0) is 0 Å². The first-order valence-corrected chi connectivity index (χ1v) is 7.35. The fraction of sp³-hybridized carbons (Fsp3) is 0.333. The van der Waals surface area contributed by atoms with Crippen molar-refractivity contribution in [3.63, 3.8) is 0 Å². The van der Waals surface area contributed by atoms with Crippen LogP contribution in [0.2, 0.25) is 0 Å². The molecular weight excluding hydrogens is 244 g/mol. The summed E-state index contributed by atoms with van der Waals surface area (Å²) in [6, 6.07) is 20.5. The van der Waals surface area contributed by atoms with Gasteiger partial charge in [0.05, 0.1) is 0 Å². The van der Waals surface area contributed by atoms with E-state index in [0.29, 0.717) is 12.1 Å². The third kappa shape index (κ3) is 2.70. The van der Waals surface area contributed by atoms with E-state index in [1.165, 1.54) is 16.8 Å². The number of anilines is 1. The summed E-state index contributed by atoms with van der Waals surface area (Å²) in [4.78, 5) is 2.51. The Balaban J connectivity index is 1.82. The van der Waals surface area contributed by atoms with Crippen molar-refractivity contribution in [3.8, 4) is 0 Å². The highest BCUT2D eigenvalue weighted by Gasteiger charge is 2.25. The molecule has 0 bridgehead atoms. The number of nitrogens with zero attached hydrogens (tertiary/aromatic N) is 1. The van der Waals surface area contributed by atoms with E-state index in [1.807, 2.05) is 0 Å². The molecule has 0 amide bonds. The molecule has 2 nitrogen and oxygen atoms in total. The molecule has 2 aromatic carbocycles. The molecule has 1 aliphatic heterocycles. The SMILES string of the molecule is Cc1ccc(N2CC(c3ccccc3)NCC2C)cc1. The van der Waals surface area contributed by atoms with E-state index >= 15 is 0 Å². The average Bonchev–Trinajstić information content (AvgIpc) is 2.50. The molecule has 20 heavy (non-hydrogen) atoms. The van der Waals surface area contributed by atoms with Gasteiger partial charge in [0.2, 0.25) is 0 Å². The second kappa shape index (κ2) is 5.68. The zero-order valence-electron chi connectivity index (χ0n) is 12.2. The minimum atomic E-state index is 0.411. The first-order chi connectivity index (χ1) is 9.74. The standard InChI is InChI=1S/C18H22N2/c1-14-8-10-17(11-9-14)20-13-18(19-12-15(20)2)16-6-4-3-5-7-16/h3-11,15,18-19H,12-13H2,1-2H3. The van der Waals surface area contributed by atoms with E-state index in [-0.39, 0.29) is 0 Å². The molecule has 1 fully saturated rings. The number of piperazine rings is 1. The van der Waals surface area contributed by atoms with Gasteiger partial charge in [0, 0.05) is 30.9 Å². The summed E-state index contributed by atoms with van der Waals surface area (Å²) in [6.45, 7) is 6.47. The Bertz CT molecular complexity index is 547. The lowest BCUT2D eigenvalue weighted by atomic mass is 10.0. The monoisotopic (exact) mass is 266 g/mol. The predicted molar refractivity (Wildman–Crippen MR) is 85.2 cm³/mol. The average molecular weight is 266 g/mol. The van der Waals surface area contributed by atoms with Crippen LogP contribution >= 0.6 is 0 Å². The second-order valence-electron chi connectivity index (χ2n) is 5.71. The summed E-state index contributed by atoms with van der Waals surface area (Å²) in [5.74, 6) is 0. The van der Waals surface area contributed by atoms with Gasteiger partial charge in [-0.15, -0.1) is 0 Å². The maximum Gasteiger partial charge on any atom is 0.0499 e. The van der Waals surface area contributed by atoms with Crippen LogP contribution in [-0.4, -0.2) is 19.1 Å². The van der Waals surface area contributed by atoms with Crippen LogP contribution in [0.3, 0.4) is 0 Å². The Morgan fingerprint density at radius 3 is 2.40 bits per heavy atom. The van der Waals surface area contributed by atoms with Gasteiger partial charge in [-0.2, -0.15) is 0 Å². The van der Waals surface area contributed by atoms with Gasteiger partial charge in [0.25, 0.3) is 0 Å². The van der Waals surface area contributed by atoms with Crippen LogP contribution in [0.4, 0.5) is 5.69 Å². The number of benzene rings is 2. The largest absolute Gasteiger partial charge is 0.366 e. The lowest BCUT2D eigenvalue weighted by Gasteiger charge is -2.40. The number of rotatable bonds is 2. The Kier molecular flexibility index (Phi) is 3.75. The number of aryl methyl sites for hydroxylation is 1. The van der Waals surface area contributed by atoms with Gasteiger partial charge < -0.3 is 10.2 Å². The van der Waals surface area contributed by atoms with Crippen molar-refractivity contribution in [2.24, 2.45) is 0 Å². The lowest BCUT2D eigenvalue weighted by Crippen LogP contribution is -2.51. The molecule has 2 atom stereocenters. The Hall–Kier alpha value is -1.80. The van der Waals surface area contributed by atoms with Crippen molar-refractivity contribution in [3.05, 3.63) is 65.7 Å². The Morgan fingerprint density at radius 2 is 1.70 bits per heavy atom. The first kappa shape index (κ1) is 13.2. The van der Waals surface area contributed by atoms with Crippen LogP contribution in [0.25, 0.3) is 0 Å². The number of nitrogens with one attached hydrogen (secondary N) is 1. The van der Waals surface area contributed by atoms with Crippen molar-refractivity contribution in [1.29, 1.82) is 0 Å². The molecule has 3 rings (SSSR count). The molecule has 2 aromatic rings.